The van der Waals surface area contributed by atoms with Crippen LogP contribution in [-0.2, 0) is 22.3 Å². The molecule has 0 saturated carbocycles. The van der Waals surface area contributed by atoms with E-state index in [1.54, 1.807) is 18.2 Å². The van der Waals surface area contributed by atoms with Crippen molar-refractivity contribution in [2.24, 2.45) is 0 Å². The Balaban J connectivity index is 1.92. The molecule has 3 aromatic rings. The molecule has 2 aromatic carbocycles. The fourth-order valence-corrected chi connectivity index (χ4v) is 3.88. The number of hydrogen-bond donors (Lipinski definition) is 1. The number of nitrogens with zero attached hydrogens (tertiary/aromatic N) is 2. The van der Waals surface area contributed by atoms with Crippen molar-refractivity contribution in [2.45, 2.75) is 12.3 Å². The quantitative estimate of drug-likeness (QED) is 0.737. The molecule has 0 saturated heterocycles. The molecule has 0 atom stereocenters. The van der Waals surface area contributed by atoms with Crippen LogP contribution in [0.1, 0.15) is 11.3 Å². The van der Waals surface area contributed by atoms with Gasteiger partial charge in [0.15, 0.2) is 0 Å². The Morgan fingerprint density at radius 3 is 2.44 bits per heavy atom. The largest absolute Gasteiger partial charge is 0.304 e. The first-order valence-corrected chi connectivity index (χ1v) is 9.66. The molecule has 1 heterocycles. The molecule has 0 amide bonds. The maximum absolute atomic E-state index is 12.5. The summed E-state index contributed by atoms with van der Waals surface area (Å²) < 4.78 is 27.7. The van der Waals surface area contributed by atoms with Gasteiger partial charge in [-0.2, -0.15) is 0 Å². The summed E-state index contributed by atoms with van der Waals surface area (Å²) in [6.07, 6.45) is 0. The van der Waals surface area contributed by atoms with Crippen LogP contribution in [0.25, 0.3) is 10.9 Å². The molecule has 0 aliphatic heterocycles. The van der Waals surface area contributed by atoms with Gasteiger partial charge in [0.25, 0.3) is 0 Å². The molecule has 1 N–H and O–H groups in total. The number of benzene rings is 2. The van der Waals surface area contributed by atoms with Crippen LogP contribution in [0.3, 0.4) is 0 Å². The van der Waals surface area contributed by atoms with Gasteiger partial charge in [0, 0.05) is 11.9 Å². The lowest BCUT2D eigenvalue weighted by atomic mass is 10.2. The van der Waals surface area contributed by atoms with Gasteiger partial charge in [-0.3, -0.25) is 4.72 Å². The highest BCUT2D eigenvalue weighted by Gasteiger charge is 2.14. The highest BCUT2D eigenvalue weighted by molar-refractivity contribution is 7.91. The minimum absolute atomic E-state index is 0.0678. The van der Waals surface area contributed by atoms with Crippen LogP contribution in [0.2, 0.25) is 0 Å². The lowest BCUT2D eigenvalue weighted by Gasteiger charge is -2.13. The van der Waals surface area contributed by atoms with Crippen molar-refractivity contribution in [3.63, 3.8) is 0 Å². The molecular weight excluding hydrogens is 334 g/mol. The van der Waals surface area contributed by atoms with Crippen molar-refractivity contribution in [3.8, 4) is 0 Å². The lowest BCUT2D eigenvalue weighted by molar-refractivity contribution is 0.397. The smallest absolute Gasteiger partial charge is 0.236 e. The van der Waals surface area contributed by atoms with Crippen LogP contribution >= 0.6 is 0 Å². The van der Waals surface area contributed by atoms with Crippen molar-refractivity contribution in [1.29, 1.82) is 0 Å². The van der Waals surface area contributed by atoms with Crippen LogP contribution < -0.4 is 4.72 Å². The Labute approximate surface area is 148 Å². The first kappa shape index (κ1) is 17.4. The number of rotatable bonds is 6. The molecule has 25 heavy (non-hydrogen) atoms. The van der Waals surface area contributed by atoms with Crippen molar-refractivity contribution in [2.75, 3.05) is 18.8 Å². The number of fused-ring (bicyclic) bond motifs is 1. The average molecular weight is 355 g/mol. The molecule has 0 spiro atoms. The van der Waals surface area contributed by atoms with E-state index in [4.69, 9.17) is 0 Å². The highest BCUT2D eigenvalue weighted by Crippen LogP contribution is 2.24. The molecule has 0 unspecified atom stereocenters. The monoisotopic (exact) mass is 355 g/mol. The van der Waals surface area contributed by atoms with E-state index in [1.807, 2.05) is 61.5 Å². The summed E-state index contributed by atoms with van der Waals surface area (Å²) in [5.74, 6) is -0.0678. The fourth-order valence-electron chi connectivity index (χ4n) is 2.68. The van der Waals surface area contributed by atoms with Gasteiger partial charge in [-0.1, -0.05) is 48.5 Å². The Morgan fingerprint density at radius 1 is 0.960 bits per heavy atom. The predicted molar refractivity (Wildman–Crippen MR) is 102 cm³/mol. The molecule has 0 fully saturated rings. The number of pyridine rings is 1. The minimum Gasteiger partial charge on any atom is -0.304 e. The normalized spacial score (nSPS) is 11.8. The van der Waals surface area contributed by atoms with Gasteiger partial charge in [-0.15, -0.1) is 0 Å². The van der Waals surface area contributed by atoms with Crippen LogP contribution in [0.4, 0.5) is 5.69 Å². The van der Waals surface area contributed by atoms with Crippen LogP contribution in [-0.4, -0.2) is 32.4 Å². The molecule has 0 bridgehead atoms. The summed E-state index contributed by atoms with van der Waals surface area (Å²) in [7, 11) is 0.430. The predicted octanol–water partition coefficient (Wildman–Crippen LogP) is 3.24. The van der Waals surface area contributed by atoms with E-state index in [0.29, 0.717) is 17.7 Å². The first-order valence-electron chi connectivity index (χ1n) is 8.01. The van der Waals surface area contributed by atoms with Gasteiger partial charge >= 0.3 is 0 Å². The molecule has 3 rings (SSSR count). The Hall–Kier alpha value is -2.44. The first-order chi connectivity index (χ1) is 11.9. The molecule has 0 radical (unpaired) electrons. The third kappa shape index (κ3) is 4.55. The number of anilines is 1. The maximum atomic E-state index is 12.5. The zero-order valence-electron chi connectivity index (χ0n) is 14.3. The highest BCUT2D eigenvalue weighted by atomic mass is 32.2. The van der Waals surface area contributed by atoms with Crippen LogP contribution in [0.5, 0.6) is 0 Å². The van der Waals surface area contributed by atoms with Crippen LogP contribution in [0, 0.1) is 0 Å². The third-order valence-electron chi connectivity index (χ3n) is 3.72. The summed E-state index contributed by atoms with van der Waals surface area (Å²) in [4.78, 5) is 6.66. The maximum Gasteiger partial charge on any atom is 0.236 e. The number of para-hydroxylation sites is 1. The molecule has 1 aromatic heterocycles. The fraction of sp³-hybridized carbons (Fsp3) is 0.211. The van der Waals surface area contributed by atoms with Gasteiger partial charge in [0.2, 0.25) is 10.0 Å². The van der Waals surface area contributed by atoms with Gasteiger partial charge in [0.1, 0.15) is 0 Å². The summed E-state index contributed by atoms with van der Waals surface area (Å²) in [6.45, 7) is 0.695. The Kier molecular flexibility index (Phi) is 5.01. The van der Waals surface area contributed by atoms with E-state index >= 15 is 0 Å². The molecule has 0 aliphatic rings. The minimum atomic E-state index is -3.52. The second-order valence-corrected chi connectivity index (χ2v) is 7.99. The number of aromatic nitrogens is 1. The summed E-state index contributed by atoms with van der Waals surface area (Å²) in [5, 5.41) is 0.905. The molecular formula is C19H21N3O2S. The third-order valence-corrected chi connectivity index (χ3v) is 4.97. The van der Waals surface area contributed by atoms with Gasteiger partial charge < -0.3 is 4.90 Å². The molecule has 0 aliphatic carbocycles. The summed E-state index contributed by atoms with van der Waals surface area (Å²) in [5.41, 5.74) is 2.82. The zero-order chi connectivity index (χ0) is 17.9. The van der Waals surface area contributed by atoms with Crippen molar-refractivity contribution < 1.29 is 8.42 Å². The van der Waals surface area contributed by atoms with Crippen molar-refractivity contribution >= 4 is 26.6 Å². The average Bonchev–Trinajstić information content (AvgIpc) is 2.55. The van der Waals surface area contributed by atoms with Crippen LogP contribution in [0.15, 0.2) is 60.7 Å². The van der Waals surface area contributed by atoms with Gasteiger partial charge in [-0.05, 0) is 31.8 Å². The van der Waals surface area contributed by atoms with E-state index in [1.165, 1.54) is 0 Å². The van der Waals surface area contributed by atoms with Crippen molar-refractivity contribution in [3.05, 3.63) is 71.9 Å². The zero-order valence-corrected chi connectivity index (χ0v) is 15.1. The van der Waals surface area contributed by atoms with E-state index in [-0.39, 0.29) is 5.75 Å². The van der Waals surface area contributed by atoms with Gasteiger partial charge in [0.05, 0.1) is 22.7 Å². The number of nitrogens with one attached hydrogen (secondary N) is 1. The summed E-state index contributed by atoms with van der Waals surface area (Å²) in [6, 6.07) is 18.6. The molecule has 130 valence electrons. The van der Waals surface area contributed by atoms with E-state index in [2.05, 4.69) is 9.71 Å². The topological polar surface area (TPSA) is 62.3 Å². The van der Waals surface area contributed by atoms with E-state index in [9.17, 15) is 8.42 Å². The lowest BCUT2D eigenvalue weighted by Crippen LogP contribution is -2.16. The summed E-state index contributed by atoms with van der Waals surface area (Å²) >= 11 is 0. The second-order valence-electron chi connectivity index (χ2n) is 6.26. The standard InChI is InChI=1S/C19H21N3O2S/c1-22(2)13-17-12-11-16-9-6-10-18(19(16)20-17)21-25(23,24)14-15-7-4-3-5-8-15/h3-12,21H,13-14H2,1-2H3. The number of sulfonamides is 1. The van der Waals surface area contributed by atoms with E-state index in [0.717, 1.165) is 16.6 Å². The molecule has 5 nitrogen and oxygen atoms in total. The molecule has 6 heteroatoms. The SMILES string of the molecule is CN(C)Cc1ccc2cccc(NS(=O)(=O)Cc3ccccc3)c2n1. The number of hydrogen-bond acceptors (Lipinski definition) is 4. The Bertz CT molecular complexity index is 970. The Morgan fingerprint density at radius 2 is 1.72 bits per heavy atom. The van der Waals surface area contributed by atoms with Gasteiger partial charge in [-0.25, -0.2) is 13.4 Å². The second kappa shape index (κ2) is 7.21. The van der Waals surface area contributed by atoms with E-state index < -0.39 is 10.0 Å². The van der Waals surface area contributed by atoms with Crippen molar-refractivity contribution in [1.82, 2.24) is 9.88 Å².